The van der Waals surface area contributed by atoms with E-state index in [0.717, 1.165) is 16.3 Å². The summed E-state index contributed by atoms with van der Waals surface area (Å²) in [5, 5.41) is 4.45. The molecule has 0 unspecified atom stereocenters. The fourth-order valence-corrected chi connectivity index (χ4v) is 2.50. The van der Waals surface area contributed by atoms with Crippen LogP contribution in [0.3, 0.4) is 0 Å². The van der Waals surface area contributed by atoms with Crippen molar-refractivity contribution in [2.24, 2.45) is 0 Å². The first-order chi connectivity index (χ1) is 8.28. The molecule has 1 aromatic heterocycles. The van der Waals surface area contributed by atoms with Crippen LogP contribution in [0.4, 0.5) is 0 Å². The molecule has 0 saturated carbocycles. The second-order valence-corrected chi connectivity index (χ2v) is 4.85. The molecule has 17 heavy (non-hydrogen) atoms. The fraction of sp³-hybridized carbons (Fsp3) is 0.0769. The van der Waals surface area contributed by atoms with E-state index >= 15 is 0 Å². The van der Waals surface area contributed by atoms with E-state index in [4.69, 9.17) is 11.6 Å². The minimum absolute atomic E-state index is 0.519. The number of nitrogens with zero attached hydrogens (tertiary/aromatic N) is 2. The van der Waals surface area contributed by atoms with Gasteiger partial charge in [0.05, 0.1) is 5.52 Å². The Labute approximate surface area is 108 Å². The zero-order valence-corrected chi connectivity index (χ0v) is 10.7. The predicted molar refractivity (Wildman–Crippen MR) is 73.8 cm³/mol. The molecular formula is C13H9ClN2S. The van der Waals surface area contributed by atoms with Crippen LogP contribution in [0.15, 0.2) is 41.6 Å². The molecule has 0 amide bonds. The maximum Gasteiger partial charge on any atom is 0.189 e. The number of hydrogen-bond acceptors (Lipinski definition) is 3. The molecule has 0 aliphatic carbocycles. The molecule has 3 rings (SSSR count). The summed E-state index contributed by atoms with van der Waals surface area (Å²) >= 11 is 7.67. The van der Waals surface area contributed by atoms with E-state index in [1.165, 1.54) is 17.1 Å². The van der Waals surface area contributed by atoms with Gasteiger partial charge in [-0.3, -0.25) is 0 Å². The SMILES string of the molecule is CSc1nc(Cl)c2cc3ccccc3cc2n1. The summed E-state index contributed by atoms with van der Waals surface area (Å²) < 4.78 is 0. The smallest absolute Gasteiger partial charge is 0.189 e. The van der Waals surface area contributed by atoms with Gasteiger partial charge in [-0.1, -0.05) is 47.6 Å². The van der Waals surface area contributed by atoms with Crippen molar-refractivity contribution in [2.45, 2.75) is 5.16 Å². The van der Waals surface area contributed by atoms with Gasteiger partial charge in [0.1, 0.15) is 5.15 Å². The van der Waals surface area contributed by atoms with E-state index in [1.807, 2.05) is 24.5 Å². The Kier molecular flexibility index (Phi) is 2.65. The number of hydrogen-bond donors (Lipinski definition) is 0. The highest BCUT2D eigenvalue weighted by Gasteiger charge is 2.06. The van der Waals surface area contributed by atoms with E-state index in [2.05, 4.69) is 28.2 Å². The van der Waals surface area contributed by atoms with Gasteiger partial charge in [0, 0.05) is 5.39 Å². The summed E-state index contributed by atoms with van der Waals surface area (Å²) in [5.41, 5.74) is 0.896. The Bertz CT molecular complexity index is 712. The number of rotatable bonds is 1. The molecule has 2 nitrogen and oxygen atoms in total. The molecule has 0 atom stereocenters. The van der Waals surface area contributed by atoms with Crippen LogP contribution in [0.5, 0.6) is 0 Å². The normalized spacial score (nSPS) is 11.2. The second-order valence-electron chi connectivity index (χ2n) is 3.72. The quantitative estimate of drug-likeness (QED) is 0.284. The topological polar surface area (TPSA) is 25.8 Å². The van der Waals surface area contributed by atoms with E-state index in [-0.39, 0.29) is 0 Å². The van der Waals surface area contributed by atoms with Crippen molar-refractivity contribution in [1.82, 2.24) is 9.97 Å². The highest BCUT2D eigenvalue weighted by atomic mass is 35.5. The predicted octanol–water partition coefficient (Wildman–Crippen LogP) is 4.16. The molecule has 84 valence electrons. The molecule has 0 aliphatic rings. The van der Waals surface area contributed by atoms with E-state index < -0.39 is 0 Å². The average Bonchev–Trinajstić information content (AvgIpc) is 2.36. The first-order valence-corrected chi connectivity index (χ1v) is 6.78. The van der Waals surface area contributed by atoms with Crippen LogP contribution < -0.4 is 0 Å². The van der Waals surface area contributed by atoms with Crippen molar-refractivity contribution < 1.29 is 0 Å². The van der Waals surface area contributed by atoms with Crippen LogP contribution in [0.1, 0.15) is 0 Å². The summed E-state index contributed by atoms with van der Waals surface area (Å²) in [6.45, 7) is 0. The highest BCUT2D eigenvalue weighted by Crippen LogP contribution is 2.27. The van der Waals surface area contributed by atoms with Gasteiger partial charge in [-0.15, -0.1) is 0 Å². The van der Waals surface area contributed by atoms with Crippen molar-refractivity contribution in [3.63, 3.8) is 0 Å². The Morgan fingerprint density at radius 1 is 1.06 bits per heavy atom. The third kappa shape index (κ3) is 1.85. The standard InChI is InChI=1S/C13H9ClN2S/c1-17-13-15-11-7-9-5-3-2-4-8(9)6-10(11)12(14)16-13/h2-7H,1H3. The van der Waals surface area contributed by atoms with Gasteiger partial charge in [-0.25, -0.2) is 9.97 Å². The van der Waals surface area contributed by atoms with Gasteiger partial charge in [0.15, 0.2) is 5.16 Å². The largest absolute Gasteiger partial charge is 0.222 e. The van der Waals surface area contributed by atoms with Crippen LogP contribution in [-0.2, 0) is 0 Å². The Hall–Kier alpha value is -1.32. The van der Waals surface area contributed by atoms with Crippen LogP contribution in [-0.4, -0.2) is 16.2 Å². The molecule has 0 aliphatic heterocycles. The lowest BCUT2D eigenvalue weighted by atomic mass is 10.1. The lowest BCUT2D eigenvalue weighted by Gasteiger charge is -2.04. The van der Waals surface area contributed by atoms with Crippen molar-refractivity contribution in [3.8, 4) is 0 Å². The fourth-order valence-electron chi connectivity index (χ4n) is 1.85. The minimum atomic E-state index is 0.519. The molecule has 1 heterocycles. The van der Waals surface area contributed by atoms with Crippen LogP contribution in [0.25, 0.3) is 21.7 Å². The van der Waals surface area contributed by atoms with Crippen molar-refractivity contribution >= 4 is 45.0 Å². The first kappa shape index (κ1) is 10.8. The molecule has 2 aromatic carbocycles. The molecule has 0 fully saturated rings. The molecule has 0 spiro atoms. The number of benzene rings is 2. The molecule has 0 radical (unpaired) electrons. The summed E-state index contributed by atoms with van der Waals surface area (Å²) in [7, 11) is 0. The second kappa shape index (κ2) is 4.17. The molecule has 0 N–H and O–H groups in total. The lowest BCUT2D eigenvalue weighted by Crippen LogP contribution is -1.89. The van der Waals surface area contributed by atoms with E-state index in [0.29, 0.717) is 10.3 Å². The average molecular weight is 261 g/mol. The van der Waals surface area contributed by atoms with Gasteiger partial charge in [0.25, 0.3) is 0 Å². The summed E-state index contributed by atoms with van der Waals surface area (Å²) in [4.78, 5) is 8.72. The lowest BCUT2D eigenvalue weighted by molar-refractivity contribution is 1.01. The Balaban J connectivity index is 2.43. The molecule has 4 heteroatoms. The molecule has 0 saturated heterocycles. The Morgan fingerprint density at radius 2 is 1.76 bits per heavy atom. The minimum Gasteiger partial charge on any atom is -0.222 e. The zero-order chi connectivity index (χ0) is 11.8. The van der Waals surface area contributed by atoms with Gasteiger partial charge in [0.2, 0.25) is 0 Å². The van der Waals surface area contributed by atoms with Crippen LogP contribution in [0, 0.1) is 0 Å². The number of halogens is 1. The number of thioether (sulfide) groups is 1. The maximum absolute atomic E-state index is 6.18. The summed E-state index contributed by atoms with van der Waals surface area (Å²) in [5.74, 6) is 0. The van der Waals surface area contributed by atoms with Crippen LogP contribution >= 0.6 is 23.4 Å². The zero-order valence-electron chi connectivity index (χ0n) is 9.14. The first-order valence-electron chi connectivity index (χ1n) is 5.18. The third-order valence-corrected chi connectivity index (χ3v) is 3.51. The van der Waals surface area contributed by atoms with Crippen molar-refractivity contribution in [1.29, 1.82) is 0 Å². The van der Waals surface area contributed by atoms with Gasteiger partial charge < -0.3 is 0 Å². The van der Waals surface area contributed by atoms with Crippen molar-refractivity contribution in [2.75, 3.05) is 6.26 Å². The van der Waals surface area contributed by atoms with E-state index in [1.54, 1.807) is 0 Å². The summed E-state index contributed by atoms with van der Waals surface area (Å²) in [6.07, 6.45) is 1.94. The van der Waals surface area contributed by atoms with Gasteiger partial charge >= 0.3 is 0 Å². The van der Waals surface area contributed by atoms with Crippen molar-refractivity contribution in [3.05, 3.63) is 41.6 Å². The third-order valence-electron chi connectivity index (χ3n) is 2.68. The molecule has 3 aromatic rings. The van der Waals surface area contributed by atoms with Crippen LogP contribution in [0.2, 0.25) is 5.15 Å². The summed E-state index contributed by atoms with van der Waals surface area (Å²) in [6, 6.07) is 12.3. The molecular weight excluding hydrogens is 252 g/mol. The number of aromatic nitrogens is 2. The molecule has 0 bridgehead atoms. The maximum atomic E-state index is 6.18. The van der Waals surface area contributed by atoms with E-state index in [9.17, 15) is 0 Å². The highest BCUT2D eigenvalue weighted by molar-refractivity contribution is 7.98. The van der Waals surface area contributed by atoms with Gasteiger partial charge in [-0.05, 0) is 29.2 Å². The Morgan fingerprint density at radius 3 is 2.47 bits per heavy atom. The monoisotopic (exact) mass is 260 g/mol. The number of fused-ring (bicyclic) bond motifs is 2. The van der Waals surface area contributed by atoms with Gasteiger partial charge in [-0.2, -0.15) is 0 Å².